The van der Waals surface area contributed by atoms with Crippen molar-refractivity contribution < 1.29 is 9.13 Å². The predicted octanol–water partition coefficient (Wildman–Crippen LogP) is 2.73. The molecule has 1 saturated heterocycles. The van der Waals surface area contributed by atoms with Crippen molar-refractivity contribution in [1.82, 2.24) is 9.97 Å². The van der Waals surface area contributed by atoms with Crippen LogP contribution in [0, 0.1) is 5.82 Å². The quantitative estimate of drug-likeness (QED) is 0.734. The molecule has 1 aromatic rings. The first-order valence-corrected chi connectivity index (χ1v) is 6.17. The molecule has 2 heterocycles. The van der Waals surface area contributed by atoms with Crippen LogP contribution in [0.5, 0.6) is 0 Å². The molecule has 0 amide bonds. The lowest BCUT2D eigenvalue weighted by Gasteiger charge is -2.20. The van der Waals surface area contributed by atoms with Crippen LogP contribution in [-0.2, 0) is 4.74 Å². The van der Waals surface area contributed by atoms with Crippen molar-refractivity contribution in [2.45, 2.75) is 6.10 Å². The lowest BCUT2D eigenvalue weighted by molar-refractivity contribution is 0.0693. The third-order valence-corrected chi connectivity index (χ3v) is 3.39. The van der Waals surface area contributed by atoms with E-state index in [1.54, 1.807) is 11.8 Å². The molecule has 1 atom stereocenters. The summed E-state index contributed by atoms with van der Waals surface area (Å²) in [4.78, 5) is 7.63. The number of ether oxygens (including phenoxy) is 1. The van der Waals surface area contributed by atoms with Crippen LogP contribution in [0.25, 0.3) is 0 Å². The summed E-state index contributed by atoms with van der Waals surface area (Å²) in [6.07, 6.45) is -0.251. The molecule has 0 N–H and O–H groups in total. The summed E-state index contributed by atoms with van der Waals surface area (Å²) in [7, 11) is 0. The van der Waals surface area contributed by atoms with Gasteiger partial charge in [-0.05, 0) is 0 Å². The van der Waals surface area contributed by atoms with E-state index in [0.29, 0.717) is 12.4 Å². The smallest absolute Gasteiger partial charge is 0.197 e. The van der Waals surface area contributed by atoms with Crippen molar-refractivity contribution in [3.8, 4) is 0 Å². The molecule has 1 unspecified atom stereocenters. The molecule has 2 rings (SSSR count). The van der Waals surface area contributed by atoms with Gasteiger partial charge in [-0.3, -0.25) is 0 Å². The first-order chi connectivity index (χ1) is 7.18. The third kappa shape index (κ3) is 2.53. The molecule has 15 heavy (non-hydrogen) atoms. The highest BCUT2D eigenvalue weighted by Crippen LogP contribution is 2.27. The van der Waals surface area contributed by atoms with E-state index in [1.165, 1.54) is 0 Å². The van der Waals surface area contributed by atoms with Crippen LogP contribution in [0.2, 0.25) is 10.3 Å². The fourth-order valence-corrected chi connectivity index (χ4v) is 2.43. The summed E-state index contributed by atoms with van der Waals surface area (Å²) >= 11 is 12.9. The summed E-state index contributed by atoms with van der Waals surface area (Å²) < 4.78 is 18.5. The number of rotatable bonds is 1. The van der Waals surface area contributed by atoms with Crippen molar-refractivity contribution in [3.63, 3.8) is 0 Å². The van der Waals surface area contributed by atoms with Gasteiger partial charge in [0.15, 0.2) is 21.9 Å². The van der Waals surface area contributed by atoms with Gasteiger partial charge in [-0.1, -0.05) is 23.2 Å². The average molecular weight is 269 g/mol. The molecular weight excluding hydrogens is 262 g/mol. The Morgan fingerprint density at radius 2 is 2.00 bits per heavy atom. The highest BCUT2D eigenvalue weighted by Gasteiger charge is 2.22. The van der Waals surface area contributed by atoms with Gasteiger partial charge in [0, 0.05) is 11.5 Å². The molecule has 1 aliphatic rings. The number of thioether (sulfide) groups is 1. The Labute approximate surface area is 100 Å². The Kier molecular flexibility index (Phi) is 3.66. The molecule has 0 saturated carbocycles. The zero-order valence-corrected chi connectivity index (χ0v) is 9.87. The van der Waals surface area contributed by atoms with E-state index < -0.39 is 5.82 Å². The largest absolute Gasteiger partial charge is 0.368 e. The molecule has 1 aromatic heterocycles. The van der Waals surface area contributed by atoms with Crippen LogP contribution in [0.1, 0.15) is 11.9 Å². The van der Waals surface area contributed by atoms with Crippen molar-refractivity contribution in [1.29, 1.82) is 0 Å². The molecule has 0 radical (unpaired) electrons. The predicted molar refractivity (Wildman–Crippen MR) is 58.0 cm³/mol. The molecule has 0 aliphatic carbocycles. The maximum Gasteiger partial charge on any atom is 0.197 e. The van der Waals surface area contributed by atoms with Crippen molar-refractivity contribution in [2.24, 2.45) is 0 Å². The van der Waals surface area contributed by atoms with Crippen LogP contribution in [0.15, 0.2) is 0 Å². The molecule has 0 aromatic carbocycles. The van der Waals surface area contributed by atoms with Crippen molar-refractivity contribution in [2.75, 3.05) is 18.1 Å². The Morgan fingerprint density at radius 1 is 1.33 bits per heavy atom. The topological polar surface area (TPSA) is 35.0 Å². The van der Waals surface area contributed by atoms with Gasteiger partial charge in [0.05, 0.1) is 6.61 Å². The lowest BCUT2D eigenvalue weighted by Crippen LogP contribution is -2.18. The first kappa shape index (κ1) is 11.4. The second-order valence-corrected chi connectivity index (χ2v) is 4.78. The van der Waals surface area contributed by atoms with E-state index in [-0.39, 0.29) is 16.4 Å². The standard InChI is InChI=1S/C8H7Cl2FN2OS/c9-6-5(11)7(10)13-8(12-6)4-3-15-2-1-14-4/h4H,1-3H2. The summed E-state index contributed by atoms with van der Waals surface area (Å²) in [5.41, 5.74) is 0. The third-order valence-electron chi connectivity index (χ3n) is 1.89. The Bertz CT molecular complexity index is 351. The Morgan fingerprint density at radius 3 is 2.53 bits per heavy atom. The average Bonchev–Trinajstić information content (AvgIpc) is 2.26. The van der Waals surface area contributed by atoms with Crippen LogP contribution >= 0.6 is 35.0 Å². The lowest BCUT2D eigenvalue weighted by atomic mass is 10.3. The fraction of sp³-hybridized carbons (Fsp3) is 0.500. The molecule has 82 valence electrons. The maximum atomic E-state index is 13.0. The SMILES string of the molecule is Fc1c(Cl)nc(C2CSCCO2)nc1Cl. The highest BCUT2D eigenvalue weighted by atomic mass is 35.5. The minimum Gasteiger partial charge on any atom is -0.368 e. The number of nitrogens with zero attached hydrogens (tertiary/aromatic N) is 2. The van der Waals surface area contributed by atoms with Crippen molar-refractivity contribution >= 4 is 35.0 Å². The van der Waals surface area contributed by atoms with Gasteiger partial charge < -0.3 is 4.74 Å². The summed E-state index contributed by atoms with van der Waals surface area (Å²) in [6, 6.07) is 0. The normalized spacial score (nSPS) is 21.7. The van der Waals surface area contributed by atoms with E-state index in [1.807, 2.05) is 0 Å². The number of hydrogen-bond acceptors (Lipinski definition) is 4. The van der Waals surface area contributed by atoms with Crippen LogP contribution in [0.4, 0.5) is 4.39 Å². The van der Waals surface area contributed by atoms with Gasteiger partial charge in [0.2, 0.25) is 0 Å². The van der Waals surface area contributed by atoms with E-state index in [2.05, 4.69) is 9.97 Å². The summed E-state index contributed by atoms with van der Waals surface area (Å²) in [5.74, 6) is 1.24. The second-order valence-electron chi connectivity index (χ2n) is 2.91. The minimum atomic E-state index is -0.787. The van der Waals surface area contributed by atoms with Gasteiger partial charge in [0.1, 0.15) is 6.10 Å². The summed E-state index contributed by atoms with van der Waals surface area (Å²) in [6.45, 7) is 0.630. The molecular formula is C8H7Cl2FN2OS. The van der Waals surface area contributed by atoms with Crippen LogP contribution in [0.3, 0.4) is 0 Å². The number of halogens is 3. The molecule has 0 spiro atoms. The molecule has 3 nitrogen and oxygen atoms in total. The number of aromatic nitrogens is 2. The van der Waals surface area contributed by atoms with E-state index in [0.717, 1.165) is 11.5 Å². The Hall–Kier alpha value is -0.100. The second kappa shape index (κ2) is 4.82. The van der Waals surface area contributed by atoms with E-state index in [4.69, 9.17) is 27.9 Å². The van der Waals surface area contributed by atoms with Crippen LogP contribution in [-0.4, -0.2) is 28.1 Å². The first-order valence-electron chi connectivity index (χ1n) is 4.26. The van der Waals surface area contributed by atoms with Gasteiger partial charge in [-0.15, -0.1) is 0 Å². The van der Waals surface area contributed by atoms with E-state index >= 15 is 0 Å². The Balaban J connectivity index is 2.27. The molecule has 7 heteroatoms. The van der Waals surface area contributed by atoms with Crippen molar-refractivity contribution in [3.05, 3.63) is 21.9 Å². The van der Waals surface area contributed by atoms with Gasteiger partial charge in [-0.2, -0.15) is 11.8 Å². The highest BCUT2D eigenvalue weighted by molar-refractivity contribution is 7.99. The molecule has 1 fully saturated rings. The van der Waals surface area contributed by atoms with E-state index in [9.17, 15) is 4.39 Å². The minimum absolute atomic E-state index is 0.251. The molecule has 1 aliphatic heterocycles. The fourth-order valence-electron chi connectivity index (χ4n) is 1.19. The zero-order valence-electron chi connectivity index (χ0n) is 7.54. The molecule has 0 bridgehead atoms. The van der Waals surface area contributed by atoms with Gasteiger partial charge in [-0.25, -0.2) is 14.4 Å². The monoisotopic (exact) mass is 268 g/mol. The number of hydrogen-bond donors (Lipinski definition) is 0. The van der Waals surface area contributed by atoms with Crippen LogP contribution < -0.4 is 0 Å². The zero-order chi connectivity index (χ0) is 10.8. The summed E-state index contributed by atoms with van der Waals surface area (Å²) in [5, 5.41) is -0.520. The van der Waals surface area contributed by atoms with Gasteiger partial charge >= 0.3 is 0 Å². The van der Waals surface area contributed by atoms with Gasteiger partial charge in [0.25, 0.3) is 0 Å². The maximum absolute atomic E-state index is 13.0.